The van der Waals surface area contributed by atoms with E-state index in [1.165, 1.54) is 23.0 Å². The molecule has 0 amide bonds. The monoisotopic (exact) mass is 598 g/mol. The van der Waals surface area contributed by atoms with Crippen molar-refractivity contribution in [2.24, 2.45) is 4.99 Å². The van der Waals surface area contributed by atoms with E-state index in [1.54, 1.807) is 49.4 Å². The van der Waals surface area contributed by atoms with E-state index in [-0.39, 0.29) is 12.2 Å². The molecule has 0 spiro atoms. The lowest BCUT2D eigenvalue weighted by Gasteiger charge is -2.24. The van der Waals surface area contributed by atoms with Crippen LogP contribution in [0.15, 0.2) is 87.8 Å². The lowest BCUT2D eigenvalue weighted by molar-refractivity contribution is -0.136. The molecular weight excluding hydrogens is 579 g/mol. The third kappa shape index (κ3) is 5.68. The normalized spacial score (nSPS) is 15.1. The van der Waals surface area contributed by atoms with E-state index in [2.05, 4.69) is 4.99 Å². The molecule has 0 aliphatic carbocycles. The molecule has 0 unspecified atom stereocenters. The lowest BCUT2D eigenvalue weighted by atomic mass is 9.96. The summed E-state index contributed by atoms with van der Waals surface area (Å²) in [4.78, 5) is 31.6. The Kier molecular flexibility index (Phi) is 7.96. The minimum Gasteiger partial charge on any atom is -0.489 e. The number of allylic oxidation sites excluding steroid dienone is 1. The zero-order chi connectivity index (χ0) is 27.7. The van der Waals surface area contributed by atoms with Crippen LogP contribution in [0.25, 0.3) is 6.08 Å². The molecule has 5 rings (SSSR count). The van der Waals surface area contributed by atoms with Crippen LogP contribution in [0.3, 0.4) is 0 Å². The molecule has 1 aliphatic rings. The molecule has 0 fully saturated rings. The first-order valence-electron chi connectivity index (χ1n) is 11.8. The van der Waals surface area contributed by atoms with Crippen LogP contribution in [0.4, 0.5) is 0 Å². The first-order valence-corrected chi connectivity index (χ1v) is 13.7. The molecule has 0 radical (unpaired) electrons. The van der Waals surface area contributed by atoms with Crippen molar-refractivity contribution in [1.29, 1.82) is 0 Å². The second-order valence-electron chi connectivity index (χ2n) is 8.72. The number of ether oxygens (including phenoxy) is 2. The Balaban J connectivity index is 1.53. The Hall–Kier alpha value is -3.36. The average Bonchev–Trinajstić information content (AvgIpc) is 3.21. The highest BCUT2D eigenvalue weighted by Gasteiger charge is 2.33. The molecule has 1 aromatic heterocycles. The van der Waals surface area contributed by atoms with Gasteiger partial charge < -0.3 is 9.47 Å². The number of carbonyl (C=O) groups excluding carboxylic acids is 1. The highest BCUT2D eigenvalue weighted by molar-refractivity contribution is 7.07. The maximum atomic E-state index is 13.7. The van der Waals surface area contributed by atoms with E-state index < -0.39 is 12.0 Å². The van der Waals surface area contributed by atoms with Crippen molar-refractivity contribution >= 4 is 58.2 Å². The summed E-state index contributed by atoms with van der Waals surface area (Å²) in [6.07, 6.45) is 1.78. The fraction of sp³-hybridized carbons (Fsp3) is 0.138. The van der Waals surface area contributed by atoms with Gasteiger partial charge in [-0.15, -0.1) is 0 Å². The van der Waals surface area contributed by atoms with Crippen molar-refractivity contribution in [2.75, 3.05) is 7.11 Å². The number of thiazole rings is 1. The van der Waals surface area contributed by atoms with Crippen LogP contribution >= 0.6 is 46.1 Å². The van der Waals surface area contributed by atoms with Crippen molar-refractivity contribution in [3.8, 4) is 5.75 Å². The lowest BCUT2D eigenvalue weighted by Crippen LogP contribution is -2.39. The number of halogens is 3. The quantitative estimate of drug-likeness (QED) is 0.257. The number of esters is 1. The van der Waals surface area contributed by atoms with E-state index >= 15 is 0 Å². The van der Waals surface area contributed by atoms with E-state index in [4.69, 9.17) is 44.3 Å². The minimum atomic E-state index is -0.702. The van der Waals surface area contributed by atoms with E-state index in [9.17, 15) is 9.59 Å². The third-order valence-corrected chi connectivity index (χ3v) is 8.00. The van der Waals surface area contributed by atoms with E-state index in [0.717, 1.165) is 16.7 Å². The van der Waals surface area contributed by atoms with Crippen molar-refractivity contribution in [1.82, 2.24) is 4.57 Å². The van der Waals surface area contributed by atoms with Crippen molar-refractivity contribution < 1.29 is 14.3 Å². The predicted octanol–water partition coefficient (Wildman–Crippen LogP) is 5.95. The summed E-state index contributed by atoms with van der Waals surface area (Å²) in [5, 5.41) is 1.63. The average molecular weight is 600 g/mol. The molecule has 2 heterocycles. The zero-order valence-corrected chi connectivity index (χ0v) is 23.9. The van der Waals surface area contributed by atoms with Gasteiger partial charge in [0, 0.05) is 20.6 Å². The highest BCUT2D eigenvalue weighted by atomic mass is 35.5. The second-order valence-corrected chi connectivity index (χ2v) is 11.0. The fourth-order valence-corrected chi connectivity index (χ4v) is 5.93. The van der Waals surface area contributed by atoms with Crippen LogP contribution in [-0.2, 0) is 16.1 Å². The molecule has 198 valence electrons. The van der Waals surface area contributed by atoms with Gasteiger partial charge in [-0.3, -0.25) is 9.36 Å². The Morgan fingerprint density at radius 1 is 1.05 bits per heavy atom. The molecule has 4 aromatic rings. The predicted molar refractivity (Wildman–Crippen MR) is 154 cm³/mol. The van der Waals surface area contributed by atoms with Crippen molar-refractivity contribution in [2.45, 2.75) is 19.6 Å². The fourth-order valence-electron chi connectivity index (χ4n) is 4.30. The molecule has 0 bridgehead atoms. The van der Waals surface area contributed by atoms with Gasteiger partial charge in [0.05, 0.1) is 29.0 Å². The largest absolute Gasteiger partial charge is 0.489 e. The maximum Gasteiger partial charge on any atom is 0.338 e. The summed E-state index contributed by atoms with van der Waals surface area (Å²) >= 11 is 19.6. The summed E-state index contributed by atoms with van der Waals surface area (Å²) in [6.45, 7) is 2.00. The second kappa shape index (κ2) is 11.4. The number of hydrogen-bond acceptors (Lipinski definition) is 6. The molecule has 39 heavy (non-hydrogen) atoms. The summed E-state index contributed by atoms with van der Waals surface area (Å²) in [5.74, 6) is 0.0709. The Morgan fingerprint density at radius 3 is 2.51 bits per heavy atom. The Bertz CT molecular complexity index is 1790. The van der Waals surface area contributed by atoms with Crippen LogP contribution in [-0.4, -0.2) is 17.6 Å². The van der Waals surface area contributed by atoms with E-state index in [0.29, 0.717) is 41.4 Å². The number of rotatable bonds is 6. The number of nitrogens with zero attached hydrogens (tertiary/aromatic N) is 2. The molecule has 0 N–H and O–H groups in total. The number of aromatic nitrogens is 1. The molecule has 10 heteroatoms. The van der Waals surface area contributed by atoms with Gasteiger partial charge in [-0.1, -0.05) is 76.5 Å². The van der Waals surface area contributed by atoms with Crippen molar-refractivity contribution in [3.05, 3.63) is 129 Å². The first kappa shape index (κ1) is 27.2. The summed E-state index contributed by atoms with van der Waals surface area (Å²) in [5.41, 5.74) is 2.82. The van der Waals surface area contributed by atoms with Crippen LogP contribution < -0.4 is 19.6 Å². The van der Waals surface area contributed by atoms with Crippen molar-refractivity contribution in [3.63, 3.8) is 0 Å². The van der Waals surface area contributed by atoms with Crippen LogP contribution in [0.5, 0.6) is 5.75 Å². The molecule has 3 aromatic carbocycles. The number of benzene rings is 3. The minimum absolute atomic E-state index is 0.262. The topological polar surface area (TPSA) is 69.9 Å². The number of fused-ring (bicyclic) bond motifs is 1. The summed E-state index contributed by atoms with van der Waals surface area (Å²) < 4.78 is 13.0. The van der Waals surface area contributed by atoms with Gasteiger partial charge in [-0.2, -0.15) is 0 Å². The van der Waals surface area contributed by atoms with Gasteiger partial charge in [0.2, 0.25) is 0 Å². The molecule has 0 saturated carbocycles. The van der Waals surface area contributed by atoms with Gasteiger partial charge in [0.1, 0.15) is 12.4 Å². The van der Waals surface area contributed by atoms with Gasteiger partial charge in [0.25, 0.3) is 5.56 Å². The Morgan fingerprint density at radius 2 is 1.79 bits per heavy atom. The molecule has 1 atom stereocenters. The van der Waals surface area contributed by atoms with Crippen LogP contribution in [0.2, 0.25) is 15.1 Å². The number of methoxy groups -OCH3 is 1. The smallest absolute Gasteiger partial charge is 0.338 e. The number of hydrogen-bond donors (Lipinski definition) is 0. The van der Waals surface area contributed by atoms with Gasteiger partial charge in [0.15, 0.2) is 4.80 Å². The first-order chi connectivity index (χ1) is 18.7. The van der Waals surface area contributed by atoms with Crippen LogP contribution in [0.1, 0.15) is 29.7 Å². The van der Waals surface area contributed by atoms with Gasteiger partial charge >= 0.3 is 5.97 Å². The summed E-state index contributed by atoms with van der Waals surface area (Å²) in [6, 6.07) is 19.0. The third-order valence-electron chi connectivity index (χ3n) is 6.18. The SMILES string of the molecule is COC(=O)C1=C(C)N=c2s/c(=C\c3cccc(OCc4ccc(Cl)cc4Cl)c3)c(=O)n2[C@@H]1c1ccc(Cl)cc1. The summed E-state index contributed by atoms with van der Waals surface area (Å²) in [7, 11) is 1.31. The van der Waals surface area contributed by atoms with Gasteiger partial charge in [-0.05, 0) is 60.5 Å². The standard InChI is InChI=1S/C29H21Cl3N2O4S/c1-16-25(28(36)37-2)26(18-6-9-20(30)10-7-18)34-27(35)24(39-29(34)33-16)13-17-4-3-5-22(12-17)38-15-19-8-11-21(31)14-23(19)32/h3-14,26H,15H2,1-2H3/b24-13-/t26-/m1/s1. The van der Waals surface area contributed by atoms with E-state index in [1.807, 2.05) is 30.3 Å². The van der Waals surface area contributed by atoms with Gasteiger partial charge in [-0.25, -0.2) is 9.79 Å². The highest BCUT2D eigenvalue weighted by Crippen LogP contribution is 2.31. The maximum absolute atomic E-state index is 13.7. The number of carbonyl (C=O) groups is 1. The molecular formula is C29H21Cl3N2O4S. The van der Waals surface area contributed by atoms with Crippen LogP contribution in [0, 0.1) is 0 Å². The molecule has 0 saturated heterocycles. The molecule has 1 aliphatic heterocycles. The zero-order valence-electron chi connectivity index (χ0n) is 20.8. The Labute approximate surface area is 243 Å². The molecule has 6 nitrogen and oxygen atoms in total.